The molecular weight excluding hydrogens is 625 g/mol. The van der Waals surface area contributed by atoms with Gasteiger partial charge < -0.3 is 10.6 Å². The lowest BCUT2D eigenvalue weighted by atomic mass is 9.74. The molecule has 2 fully saturated rings. The van der Waals surface area contributed by atoms with E-state index in [4.69, 9.17) is 0 Å². The minimum atomic E-state index is -4.57. The maximum absolute atomic E-state index is 14.0. The summed E-state index contributed by atoms with van der Waals surface area (Å²) in [6.45, 7) is 6.65. The van der Waals surface area contributed by atoms with E-state index in [-0.39, 0.29) is 41.7 Å². The van der Waals surface area contributed by atoms with Crippen molar-refractivity contribution in [3.63, 3.8) is 0 Å². The SMILES string of the molecule is CCC(C(=O)NC1CCN(Cc2ccccc2)CC1C1CN(Cc2ccccc2)CCC1Nc1nccc(C(F)(F)F)n1)c1ccccc1. The Morgan fingerprint density at radius 3 is 1.88 bits per heavy atom. The van der Waals surface area contributed by atoms with Gasteiger partial charge in [0.1, 0.15) is 5.69 Å². The molecule has 49 heavy (non-hydrogen) atoms. The van der Waals surface area contributed by atoms with Crippen LogP contribution in [0, 0.1) is 11.8 Å². The van der Waals surface area contributed by atoms with Gasteiger partial charge in [-0.2, -0.15) is 13.2 Å². The smallest absolute Gasteiger partial charge is 0.352 e. The fraction of sp³-hybridized carbons (Fsp3) is 0.410. The van der Waals surface area contributed by atoms with Crippen molar-refractivity contribution in [2.45, 2.75) is 63.5 Å². The van der Waals surface area contributed by atoms with E-state index in [0.29, 0.717) is 12.8 Å². The first-order valence-electron chi connectivity index (χ1n) is 17.3. The minimum Gasteiger partial charge on any atom is -0.352 e. The number of rotatable bonds is 11. The number of amides is 1. The molecule has 2 aliphatic heterocycles. The predicted octanol–water partition coefficient (Wildman–Crippen LogP) is 7.00. The number of aromatic nitrogens is 2. The maximum atomic E-state index is 14.0. The second-order valence-corrected chi connectivity index (χ2v) is 13.3. The van der Waals surface area contributed by atoms with Crippen LogP contribution in [0.2, 0.25) is 0 Å². The fourth-order valence-corrected chi connectivity index (χ4v) is 7.59. The van der Waals surface area contributed by atoms with Gasteiger partial charge in [-0.15, -0.1) is 0 Å². The first kappa shape index (κ1) is 34.6. The van der Waals surface area contributed by atoms with Gasteiger partial charge in [0.15, 0.2) is 0 Å². The predicted molar refractivity (Wildman–Crippen MR) is 186 cm³/mol. The highest BCUT2D eigenvalue weighted by molar-refractivity contribution is 5.83. The third kappa shape index (κ3) is 9.05. The third-order valence-corrected chi connectivity index (χ3v) is 10.0. The van der Waals surface area contributed by atoms with E-state index in [2.05, 4.69) is 54.7 Å². The number of anilines is 1. The molecular formula is C39H45F3N6O. The Morgan fingerprint density at radius 2 is 1.33 bits per heavy atom. The number of alkyl halides is 3. The summed E-state index contributed by atoms with van der Waals surface area (Å²) in [7, 11) is 0. The zero-order valence-electron chi connectivity index (χ0n) is 27.9. The maximum Gasteiger partial charge on any atom is 0.433 e. The van der Waals surface area contributed by atoms with E-state index in [1.807, 2.05) is 73.7 Å². The quantitative estimate of drug-likeness (QED) is 0.179. The largest absolute Gasteiger partial charge is 0.433 e. The highest BCUT2D eigenvalue weighted by Gasteiger charge is 2.43. The molecule has 1 amide bonds. The van der Waals surface area contributed by atoms with E-state index < -0.39 is 11.9 Å². The summed E-state index contributed by atoms with van der Waals surface area (Å²) in [6.07, 6.45) is -1.25. The Hall–Kier alpha value is -4.28. The molecule has 7 nitrogen and oxygen atoms in total. The standard InChI is InChI=1S/C39H45F3N6O/c1-2-31(30-16-10-5-11-17-30)37(49)44-34-19-22-47(24-28-12-6-3-7-13-28)26-32(34)33-27-48(25-29-14-8-4-9-15-29)23-20-35(33)45-38-43-21-18-36(46-38)39(40,41)42/h3-18,21,31-35H,2,19-20,22-27H2,1H3,(H,44,49)(H,43,45,46). The van der Waals surface area contributed by atoms with Crippen molar-refractivity contribution >= 4 is 11.9 Å². The summed E-state index contributed by atoms with van der Waals surface area (Å²) in [5.41, 5.74) is 2.46. The molecule has 5 unspecified atom stereocenters. The first-order chi connectivity index (χ1) is 23.8. The summed E-state index contributed by atoms with van der Waals surface area (Å²) in [5, 5.41) is 6.83. The lowest BCUT2D eigenvalue weighted by Crippen LogP contribution is -2.59. The first-order valence-corrected chi connectivity index (χ1v) is 17.3. The second-order valence-electron chi connectivity index (χ2n) is 13.3. The number of piperidine rings is 2. The molecule has 2 aliphatic rings. The van der Waals surface area contributed by atoms with Crippen LogP contribution in [0.25, 0.3) is 0 Å². The Labute approximate surface area is 287 Å². The van der Waals surface area contributed by atoms with Gasteiger partial charge in [0, 0.05) is 57.5 Å². The number of nitrogens with one attached hydrogen (secondary N) is 2. The molecule has 10 heteroatoms. The molecule has 0 bridgehead atoms. The van der Waals surface area contributed by atoms with Crippen LogP contribution >= 0.6 is 0 Å². The summed E-state index contributed by atoms with van der Waals surface area (Å²) < 4.78 is 40.8. The molecule has 3 aromatic carbocycles. The van der Waals surface area contributed by atoms with Gasteiger partial charge in [0.2, 0.25) is 11.9 Å². The highest BCUT2D eigenvalue weighted by Crippen LogP contribution is 2.35. The van der Waals surface area contributed by atoms with Crippen molar-refractivity contribution in [1.29, 1.82) is 0 Å². The Kier molecular flexibility index (Phi) is 11.3. The summed E-state index contributed by atoms with van der Waals surface area (Å²) in [5.74, 6) is -0.248. The molecule has 3 heterocycles. The van der Waals surface area contributed by atoms with Crippen molar-refractivity contribution in [2.75, 3.05) is 31.5 Å². The third-order valence-electron chi connectivity index (χ3n) is 10.0. The number of nitrogens with zero attached hydrogens (tertiary/aromatic N) is 4. The Morgan fingerprint density at radius 1 is 0.796 bits per heavy atom. The molecule has 2 N–H and O–H groups in total. The Bertz CT molecular complexity index is 1620. The molecule has 6 rings (SSSR count). The van der Waals surface area contributed by atoms with E-state index in [0.717, 1.165) is 63.5 Å². The van der Waals surface area contributed by atoms with Crippen LogP contribution in [0.5, 0.6) is 0 Å². The zero-order valence-corrected chi connectivity index (χ0v) is 27.9. The molecule has 2 saturated heterocycles. The molecule has 5 atom stereocenters. The van der Waals surface area contributed by atoms with Crippen molar-refractivity contribution in [3.05, 3.63) is 126 Å². The van der Waals surface area contributed by atoms with E-state index in [1.54, 1.807) is 0 Å². The molecule has 258 valence electrons. The van der Waals surface area contributed by atoms with Crippen molar-refractivity contribution in [3.8, 4) is 0 Å². The summed E-state index contributed by atoms with van der Waals surface area (Å²) >= 11 is 0. The normalized spacial score (nSPS) is 22.7. The monoisotopic (exact) mass is 670 g/mol. The molecule has 0 radical (unpaired) electrons. The topological polar surface area (TPSA) is 73.4 Å². The van der Waals surface area contributed by atoms with E-state index in [9.17, 15) is 18.0 Å². The number of benzene rings is 3. The van der Waals surface area contributed by atoms with E-state index in [1.165, 1.54) is 11.1 Å². The van der Waals surface area contributed by atoms with Crippen LogP contribution < -0.4 is 10.6 Å². The van der Waals surface area contributed by atoms with E-state index >= 15 is 0 Å². The van der Waals surface area contributed by atoms with Gasteiger partial charge in [0.25, 0.3) is 0 Å². The molecule has 1 aromatic heterocycles. The van der Waals surface area contributed by atoms with Crippen LogP contribution in [-0.4, -0.2) is 63.9 Å². The average Bonchev–Trinajstić information content (AvgIpc) is 3.11. The lowest BCUT2D eigenvalue weighted by Gasteiger charge is -2.49. The van der Waals surface area contributed by atoms with Gasteiger partial charge in [-0.25, -0.2) is 9.97 Å². The van der Waals surface area contributed by atoms with Crippen LogP contribution in [0.1, 0.15) is 54.5 Å². The van der Waals surface area contributed by atoms with Crippen LogP contribution in [0.4, 0.5) is 19.1 Å². The van der Waals surface area contributed by atoms with Crippen molar-refractivity contribution in [1.82, 2.24) is 25.1 Å². The van der Waals surface area contributed by atoms with Crippen LogP contribution in [-0.2, 0) is 24.1 Å². The average molecular weight is 671 g/mol. The number of hydrogen-bond donors (Lipinski definition) is 2. The van der Waals surface area contributed by atoms with Crippen molar-refractivity contribution < 1.29 is 18.0 Å². The van der Waals surface area contributed by atoms with Gasteiger partial charge in [-0.1, -0.05) is 97.9 Å². The van der Waals surface area contributed by atoms with Crippen LogP contribution in [0.15, 0.2) is 103 Å². The number of likely N-dealkylation sites (tertiary alicyclic amines) is 2. The summed E-state index contributed by atoms with van der Waals surface area (Å²) in [6, 6.07) is 31.2. The van der Waals surface area contributed by atoms with Crippen molar-refractivity contribution in [2.24, 2.45) is 11.8 Å². The van der Waals surface area contributed by atoms with Gasteiger partial charge in [-0.3, -0.25) is 14.6 Å². The second kappa shape index (κ2) is 16.0. The molecule has 0 aliphatic carbocycles. The number of hydrogen-bond acceptors (Lipinski definition) is 6. The van der Waals surface area contributed by atoms with Crippen LogP contribution in [0.3, 0.4) is 0 Å². The fourth-order valence-electron chi connectivity index (χ4n) is 7.59. The minimum absolute atomic E-state index is 0.00344. The molecule has 4 aromatic rings. The molecule has 0 saturated carbocycles. The Balaban J connectivity index is 1.30. The number of carbonyl (C=O) groups excluding carboxylic acids is 1. The van der Waals surface area contributed by atoms with Gasteiger partial charge in [0.05, 0.1) is 5.92 Å². The lowest BCUT2D eigenvalue weighted by molar-refractivity contribution is -0.141. The molecule has 0 spiro atoms. The number of carbonyl (C=O) groups is 1. The summed E-state index contributed by atoms with van der Waals surface area (Å²) in [4.78, 5) is 26.9. The zero-order chi connectivity index (χ0) is 34.2. The van der Waals surface area contributed by atoms with Gasteiger partial charge >= 0.3 is 6.18 Å². The van der Waals surface area contributed by atoms with Gasteiger partial charge in [-0.05, 0) is 53.9 Å². The highest BCUT2D eigenvalue weighted by atomic mass is 19.4. The number of halogens is 3.